The van der Waals surface area contributed by atoms with Crippen molar-refractivity contribution < 1.29 is 9.53 Å². The first-order valence-corrected chi connectivity index (χ1v) is 23.4. The molecule has 50 heavy (non-hydrogen) atoms. The molecule has 0 saturated heterocycles. The first kappa shape index (κ1) is 48.9. The number of rotatable bonds is 36. The lowest BCUT2D eigenvalue weighted by Gasteiger charge is -2.27. The van der Waals surface area contributed by atoms with E-state index in [1.54, 1.807) is 0 Å². The molecule has 0 spiro atoms. The first-order chi connectivity index (χ1) is 24.4. The van der Waals surface area contributed by atoms with E-state index in [2.05, 4.69) is 62.5 Å². The smallest absolute Gasteiger partial charge is 0.410 e. The maximum atomic E-state index is 12.9. The summed E-state index contributed by atoms with van der Waals surface area (Å²) in [5.74, 6) is 4.38. The Bertz CT molecular complexity index is 775. The molecule has 0 bridgehead atoms. The van der Waals surface area contributed by atoms with Crippen molar-refractivity contribution in [3.05, 3.63) is 48.6 Å². The number of hydrogen-bond acceptors (Lipinski definition) is 4. The van der Waals surface area contributed by atoms with Crippen LogP contribution in [0.5, 0.6) is 0 Å². The summed E-state index contributed by atoms with van der Waals surface area (Å²) in [7, 11) is 0. The summed E-state index contributed by atoms with van der Waals surface area (Å²) >= 11 is 3.99. The molecule has 0 aliphatic rings. The highest BCUT2D eigenvalue weighted by atomic mass is 32.2. The zero-order valence-electron chi connectivity index (χ0n) is 33.9. The van der Waals surface area contributed by atoms with Crippen LogP contribution >= 0.6 is 23.5 Å². The molecule has 0 N–H and O–H groups in total. The van der Waals surface area contributed by atoms with Gasteiger partial charge in [-0.3, -0.25) is 0 Å². The second-order valence-electron chi connectivity index (χ2n) is 14.9. The molecule has 0 saturated carbocycles. The van der Waals surface area contributed by atoms with Gasteiger partial charge in [0.2, 0.25) is 0 Å². The predicted molar refractivity (Wildman–Crippen MR) is 231 cm³/mol. The molecular weight excluding hydrogens is 651 g/mol. The van der Waals surface area contributed by atoms with Crippen molar-refractivity contribution in [2.45, 2.75) is 194 Å². The second kappa shape index (κ2) is 39.1. The predicted octanol–water partition coefficient (Wildman–Crippen LogP) is 15.3. The van der Waals surface area contributed by atoms with Crippen LogP contribution in [0.3, 0.4) is 0 Å². The third-order valence-electron chi connectivity index (χ3n) is 8.64. The van der Waals surface area contributed by atoms with E-state index in [-0.39, 0.29) is 6.09 Å². The van der Waals surface area contributed by atoms with Gasteiger partial charge < -0.3 is 9.64 Å². The summed E-state index contributed by atoms with van der Waals surface area (Å²) in [5, 5.41) is 0. The van der Waals surface area contributed by atoms with Crippen molar-refractivity contribution in [3.63, 3.8) is 0 Å². The zero-order chi connectivity index (χ0) is 36.6. The summed E-state index contributed by atoms with van der Waals surface area (Å²) in [6, 6.07) is 0. The van der Waals surface area contributed by atoms with Gasteiger partial charge in [0.25, 0.3) is 0 Å². The van der Waals surface area contributed by atoms with Gasteiger partial charge in [0, 0.05) is 24.6 Å². The van der Waals surface area contributed by atoms with Crippen LogP contribution in [0.1, 0.15) is 189 Å². The summed E-state index contributed by atoms with van der Waals surface area (Å²) in [5.41, 5.74) is -0.446. The van der Waals surface area contributed by atoms with E-state index in [4.69, 9.17) is 4.74 Å². The summed E-state index contributed by atoms with van der Waals surface area (Å²) < 4.78 is 5.74. The Balaban J connectivity index is 3.83. The van der Waals surface area contributed by atoms with Gasteiger partial charge in [-0.25, -0.2) is 4.79 Å². The van der Waals surface area contributed by atoms with Crippen molar-refractivity contribution in [3.8, 4) is 0 Å². The number of thioether (sulfide) groups is 2. The third kappa shape index (κ3) is 39.7. The molecule has 0 radical (unpaired) electrons. The van der Waals surface area contributed by atoms with Gasteiger partial charge in [-0.1, -0.05) is 140 Å². The monoisotopic (exact) mass is 734 g/mol. The van der Waals surface area contributed by atoms with E-state index >= 15 is 0 Å². The Morgan fingerprint density at radius 3 is 1.18 bits per heavy atom. The van der Waals surface area contributed by atoms with Crippen molar-refractivity contribution >= 4 is 29.6 Å². The Kier molecular flexibility index (Phi) is 38.3. The largest absolute Gasteiger partial charge is 0.444 e. The Morgan fingerprint density at radius 2 is 0.820 bits per heavy atom. The van der Waals surface area contributed by atoms with Gasteiger partial charge in [-0.15, -0.1) is 0 Å². The summed E-state index contributed by atoms with van der Waals surface area (Å²) in [6.45, 7) is 12.0. The average molecular weight is 734 g/mol. The van der Waals surface area contributed by atoms with Crippen molar-refractivity contribution in [2.24, 2.45) is 0 Å². The molecule has 5 heteroatoms. The van der Waals surface area contributed by atoms with E-state index in [0.717, 1.165) is 37.4 Å². The summed E-state index contributed by atoms with van der Waals surface area (Å²) in [6.07, 6.45) is 49.6. The fourth-order valence-electron chi connectivity index (χ4n) is 5.56. The maximum absolute atomic E-state index is 12.9. The molecule has 0 fully saturated rings. The first-order valence-electron chi connectivity index (χ1n) is 21.1. The van der Waals surface area contributed by atoms with E-state index in [9.17, 15) is 4.79 Å². The lowest BCUT2D eigenvalue weighted by atomic mass is 10.1. The molecule has 0 atom stereocenters. The van der Waals surface area contributed by atoms with Crippen LogP contribution in [0.2, 0.25) is 0 Å². The molecule has 0 unspecified atom stereocenters. The quantitative estimate of drug-likeness (QED) is 0.0474. The third-order valence-corrected chi connectivity index (χ3v) is 10.7. The van der Waals surface area contributed by atoms with Gasteiger partial charge in [0.1, 0.15) is 5.60 Å². The van der Waals surface area contributed by atoms with Crippen LogP contribution in [0, 0.1) is 0 Å². The Morgan fingerprint density at radius 1 is 0.480 bits per heavy atom. The number of allylic oxidation sites excluding steroid dienone is 8. The highest BCUT2D eigenvalue weighted by Crippen LogP contribution is 2.16. The SMILES string of the molecule is CCCCC/C=C\C/C=C\CCCCCCCCSCCN(CCSCCCCCCCC/C=C\C/C=C\CCCCC)C(=O)OC(C)(C)C. The Labute approximate surface area is 321 Å². The Hall–Kier alpha value is -1.07. The van der Waals surface area contributed by atoms with E-state index in [1.807, 2.05) is 49.2 Å². The van der Waals surface area contributed by atoms with Gasteiger partial charge in [-0.2, -0.15) is 23.5 Å². The van der Waals surface area contributed by atoms with Gasteiger partial charge >= 0.3 is 6.09 Å². The number of carbonyl (C=O) groups is 1. The molecule has 0 rings (SSSR count). The van der Waals surface area contributed by atoms with Crippen LogP contribution < -0.4 is 0 Å². The fraction of sp³-hybridized carbons (Fsp3) is 0.800. The lowest BCUT2D eigenvalue weighted by Crippen LogP contribution is -2.39. The number of carbonyl (C=O) groups excluding carboxylic acids is 1. The molecule has 0 heterocycles. The molecule has 0 aromatic rings. The number of nitrogens with zero attached hydrogens (tertiary/aromatic N) is 1. The molecule has 0 aliphatic heterocycles. The normalized spacial score (nSPS) is 12.4. The molecular formula is C45H83NO2S2. The number of ether oxygens (including phenoxy) is 1. The molecule has 0 aliphatic carbocycles. The number of unbranched alkanes of at least 4 members (excludes halogenated alkanes) is 18. The minimum absolute atomic E-state index is 0.152. The molecule has 1 amide bonds. The average Bonchev–Trinajstić information content (AvgIpc) is 3.08. The van der Waals surface area contributed by atoms with Crippen LogP contribution in [-0.4, -0.2) is 52.7 Å². The molecule has 0 aromatic carbocycles. The maximum Gasteiger partial charge on any atom is 0.410 e. The highest BCUT2D eigenvalue weighted by Gasteiger charge is 2.21. The minimum atomic E-state index is -0.446. The number of hydrogen-bond donors (Lipinski definition) is 0. The van der Waals surface area contributed by atoms with Gasteiger partial charge in [0.05, 0.1) is 0 Å². The van der Waals surface area contributed by atoms with Crippen molar-refractivity contribution in [2.75, 3.05) is 36.1 Å². The van der Waals surface area contributed by atoms with Crippen molar-refractivity contribution in [1.29, 1.82) is 0 Å². The van der Waals surface area contributed by atoms with Crippen LogP contribution in [0.25, 0.3) is 0 Å². The van der Waals surface area contributed by atoms with Gasteiger partial charge in [-0.05, 0) is 109 Å². The zero-order valence-corrected chi connectivity index (χ0v) is 35.5. The van der Waals surface area contributed by atoms with Crippen LogP contribution in [0.15, 0.2) is 48.6 Å². The van der Waals surface area contributed by atoms with Crippen LogP contribution in [-0.2, 0) is 4.74 Å². The second-order valence-corrected chi connectivity index (χ2v) is 17.3. The molecule has 3 nitrogen and oxygen atoms in total. The van der Waals surface area contributed by atoms with Crippen molar-refractivity contribution in [1.82, 2.24) is 4.90 Å². The van der Waals surface area contributed by atoms with E-state index < -0.39 is 5.60 Å². The lowest BCUT2D eigenvalue weighted by molar-refractivity contribution is 0.0274. The van der Waals surface area contributed by atoms with Gasteiger partial charge in [0.15, 0.2) is 0 Å². The minimum Gasteiger partial charge on any atom is -0.444 e. The highest BCUT2D eigenvalue weighted by molar-refractivity contribution is 7.99. The molecule has 292 valence electrons. The topological polar surface area (TPSA) is 29.5 Å². The van der Waals surface area contributed by atoms with Crippen LogP contribution in [0.4, 0.5) is 4.79 Å². The number of amides is 1. The fourth-order valence-corrected chi connectivity index (χ4v) is 7.48. The van der Waals surface area contributed by atoms with E-state index in [0.29, 0.717) is 0 Å². The molecule has 0 aromatic heterocycles. The standard InChI is InChI=1S/C45H83NO2S2/c1-6-8-10-12-14-16-18-20-22-24-26-28-30-32-34-36-40-49-42-38-46(44(47)48-45(3,4)5)39-43-50-41-37-35-33-31-29-27-25-23-21-19-17-15-13-11-9-7-2/h14-17,20-23H,6-13,18-19,24-43H2,1-5H3/b16-14-,17-15-,22-20-,23-21-. The summed E-state index contributed by atoms with van der Waals surface area (Å²) in [4.78, 5) is 14.8. The van der Waals surface area contributed by atoms with E-state index in [1.165, 1.54) is 153 Å².